The summed E-state index contributed by atoms with van der Waals surface area (Å²) in [5.74, 6) is -0.472. The molecule has 0 unspecified atom stereocenters. The molecular formula is C13H18FNO. The summed E-state index contributed by atoms with van der Waals surface area (Å²) in [5.41, 5.74) is 0.887. The molecule has 0 saturated heterocycles. The lowest BCUT2D eigenvalue weighted by molar-refractivity contribution is 0.101. The predicted molar refractivity (Wildman–Crippen MR) is 64.4 cm³/mol. The minimum absolute atomic E-state index is 0.114. The third kappa shape index (κ3) is 3.65. The zero-order valence-electron chi connectivity index (χ0n) is 9.85. The number of carbonyl (C=O) groups excluding carboxylic acids is 1. The number of anilines is 1. The van der Waals surface area contributed by atoms with Crippen molar-refractivity contribution in [2.75, 3.05) is 11.9 Å². The Morgan fingerprint density at radius 2 is 2.12 bits per heavy atom. The highest BCUT2D eigenvalue weighted by Gasteiger charge is 2.05. The maximum atomic E-state index is 13.5. The number of unbranched alkanes of at least 4 members (excludes halogenated alkanes) is 2. The van der Waals surface area contributed by atoms with Gasteiger partial charge in [0.25, 0.3) is 0 Å². The third-order valence-electron chi connectivity index (χ3n) is 2.47. The summed E-state index contributed by atoms with van der Waals surface area (Å²) in [6.07, 6.45) is 3.32. The monoisotopic (exact) mass is 223 g/mol. The zero-order chi connectivity index (χ0) is 12.0. The van der Waals surface area contributed by atoms with Gasteiger partial charge in [-0.15, -0.1) is 0 Å². The molecule has 2 nitrogen and oxygen atoms in total. The number of Topliss-reactive ketones (excluding diaryl/α,β-unsaturated/α-hetero) is 1. The SMILES string of the molecule is CCCCCNc1ccc(C(C)=O)cc1F. The molecule has 0 atom stereocenters. The van der Waals surface area contributed by atoms with E-state index in [0.29, 0.717) is 11.3 Å². The highest BCUT2D eigenvalue weighted by atomic mass is 19.1. The molecule has 0 fully saturated rings. The second kappa shape index (κ2) is 6.26. The van der Waals surface area contributed by atoms with Crippen molar-refractivity contribution in [3.05, 3.63) is 29.6 Å². The molecule has 1 N–H and O–H groups in total. The molecule has 0 aliphatic heterocycles. The highest BCUT2D eigenvalue weighted by Crippen LogP contribution is 2.16. The lowest BCUT2D eigenvalue weighted by Gasteiger charge is -2.07. The molecule has 0 aliphatic rings. The van der Waals surface area contributed by atoms with E-state index < -0.39 is 0 Å². The van der Waals surface area contributed by atoms with Gasteiger partial charge >= 0.3 is 0 Å². The summed E-state index contributed by atoms with van der Waals surface area (Å²) in [7, 11) is 0. The van der Waals surface area contributed by atoms with Crippen LogP contribution in [0.15, 0.2) is 18.2 Å². The van der Waals surface area contributed by atoms with Crippen molar-refractivity contribution in [2.24, 2.45) is 0 Å². The van der Waals surface area contributed by atoms with Crippen LogP contribution in [0.1, 0.15) is 43.5 Å². The Balaban J connectivity index is 2.57. The van der Waals surface area contributed by atoms with Gasteiger partial charge in [-0.1, -0.05) is 19.8 Å². The summed E-state index contributed by atoms with van der Waals surface area (Å²) in [5, 5.41) is 3.03. The van der Waals surface area contributed by atoms with Gasteiger partial charge in [0.15, 0.2) is 5.78 Å². The summed E-state index contributed by atoms with van der Waals surface area (Å²) in [4.78, 5) is 11.0. The van der Waals surface area contributed by atoms with Gasteiger partial charge in [0.2, 0.25) is 0 Å². The van der Waals surface area contributed by atoms with Crippen LogP contribution in [0.3, 0.4) is 0 Å². The van der Waals surface area contributed by atoms with E-state index in [4.69, 9.17) is 0 Å². The fourth-order valence-electron chi connectivity index (χ4n) is 1.48. The van der Waals surface area contributed by atoms with Gasteiger partial charge in [-0.2, -0.15) is 0 Å². The van der Waals surface area contributed by atoms with E-state index >= 15 is 0 Å². The Morgan fingerprint density at radius 3 is 2.69 bits per heavy atom. The van der Waals surface area contributed by atoms with Crippen LogP contribution in [-0.2, 0) is 0 Å². The molecule has 88 valence electrons. The smallest absolute Gasteiger partial charge is 0.159 e. The second-order valence-electron chi connectivity index (χ2n) is 3.88. The van der Waals surface area contributed by atoms with E-state index in [1.54, 1.807) is 12.1 Å². The number of nitrogens with one attached hydrogen (secondary N) is 1. The Kier molecular flexibility index (Phi) is 4.96. The van der Waals surface area contributed by atoms with Crippen molar-refractivity contribution < 1.29 is 9.18 Å². The standard InChI is InChI=1S/C13H18FNO/c1-3-4-5-8-15-13-7-6-11(10(2)16)9-12(13)14/h6-7,9,15H,3-5,8H2,1-2H3. The first-order chi connectivity index (χ1) is 7.65. The lowest BCUT2D eigenvalue weighted by atomic mass is 10.1. The highest BCUT2D eigenvalue weighted by molar-refractivity contribution is 5.94. The van der Waals surface area contributed by atoms with Crippen molar-refractivity contribution in [3.8, 4) is 0 Å². The third-order valence-corrected chi connectivity index (χ3v) is 2.47. The molecule has 0 spiro atoms. The number of halogens is 1. The average molecular weight is 223 g/mol. The van der Waals surface area contributed by atoms with Gasteiger partial charge in [0, 0.05) is 12.1 Å². The van der Waals surface area contributed by atoms with Crippen LogP contribution < -0.4 is 5.32 Å². The normalized spacial score (nSPS) is 10.2. The molecule has 16 heavy (non-hydrogen) atoms. The van der Waals surface area contributed by atoms with E-state index in [1.807, 2.05) is 0 Å². The van der Waals surface area contributed by atoms with Crippen LogP contribution in [0.5, 0.6) is 0 Å². The molecule has 3 heteroatoms. The first kappa shape index (κ1) is 12.7. The van der Waals surface area contributed by atoms with E-state index in [0.717, 1.165) is 25.8 Å². The molecule has 0 bridgehead atoms. The van der Waals surface area contributed by atoms with Gasteiger partial charge in [-0.3, -0.25) is 4.79 Å². The summed E-state index contributed by atoms with van der Waals surface area (Å²) < 4.78 is 13.5. The van der Waals surface area contributed by atoms with Crippen molar-refractivity contribution in [2.45, 2.75) is 33.1 Å². The Morgan fingerprint density at radius 1 is 1.38 bits per heavy atom. The number of hydrogen-bond acceptors (Lipinski definition) is 2. The fraction of sp³-hybridized carbons (Fsp3) is 0.462. The Bertz CT molecular complexity index is 363. The van der Waals surface area contributed by atoms with E-state index in [-0.39, 0.29) is 11.6 Å². The van der Waals surface area contributed by atoms with Gasteiger partial charge in [0.1, 0.15) is 5.82 Å². The quantitative estimate of drug-likeness (QED) is 0.589. The number of hydrogen-bond donors (Lipinski definition) is 1. The molecule has 0 aliphatic carbocycles. The minimum atomic E-state index is -0.357. The van der Waals surface area contributed by atoms with E-state index in [9.17, 15) is 9.18 Å². The fourth-order valence-corrected chi connectivity index (χ4v) is 1.48. The Labute approximate surface area is 95.9 Å². The van der Waals surface area contributed by atoms with Crippen molar-refractivity contribution >= 4 is 11.5 Å². The van der Waals surface area contributed by atoms with Gasteiger partial charge in [-0.05, 0) is 31.5 Å². The largest absolute Gasteiger partial charge is 0.383 e. The number of carbonyl (C=O) groups is 1. The minimum Gasteiger partial charge on any atom is -0.383 e. The second-order valence-corrected chi connectivity index (χ2v) is 3.88. The molecule has 1 aromatic rings. The average Bonchev–Trinajstić information content (AvgIpc) is 2.26. The number of benzene rings is 1. The van der Waals surface area contributed by atoms with Crippen molar-refractivity contribution in [1.29, 1.82) is 0 Å². The van der Waals surface area contributed by atoms with Crippen molar-refractivity contribution in [3.63, 3.8) is 0 Å². The summed E-state index contributed by atoms with van der Waals surface area (Å²) in [6.45, 7) is 4.33. The van der Waals surface area contributed by atoms with Gasteiger partial charge in [-0.25, -0.2) is 4.39 Å². The summed E-state index contributed by atoms with van der Waals surface area (Å²) >= 11 is 0. The van der Waals surface area contributed by atoms with Crippen LogP contribution in [0.4, 0.5) is 10.1 Å². The van der Waals surface area contributed by atoms with Crippen molar-refractivity contribution in [1.82, 2.24) is 0 Å². The van der Waals surface area contributed by atoms with Gasteiger partial charge < -0.3 is 5.32 Å². The molecule has 0 radical (unpaired) electrons. The van der Waals surface area contributed by atoms with Gasteiger partial charge in [0.05, 0.1) is 5.69 Å². The maximum absolute atomic E-state index is 13.5. The van der Waals surface area contributed by atoms with E-state index in [2.05, 4.69) is 12.2 Å². The maximum Gasteiger partial charge on any atom is 0.159 e. The molecule has 0 amide bonds. The van der Waals surface area contributed by atoms with Crippen LogP contribution in [0.25, 0.3) is 0 Å². The Hall–Kier alpha value is -1.38. The number of rotatable bonds is 6. The molecule has 0 aromatic heterocycles. The van der Waals surface area contributed by atoms with Crippen LogP contribution in [0.2, 0.25) is 0 Å². The molecule has 0 saturated carbocycles. The molecule has 1 rings (SSSR count). The topological polar surface area (TPSA) is 29.1 Å². The lowest BCUT2D eigenvalue weighted by Crippen LogP contribution is -2.04. The van der Waals surface area contributed by atoms with Crippen LogP contribution in [0, 0.1) is 5.82 Å². The molecular weight excluding hydrogens is 205 g/mol. The molecule has 0 heterocycles. The summed E-state index contributed by atoms with van der Waals surface area (Å²) in [6, 6.07) is 4.55. The van der Waals surface area contributed by atoms with E-state index in [1.165, 1.54) is 13.0 Å². The number of ketones is 1. The van der Waals surface area contributed by atoms with Crippen LogP contribution in [-0.4, -0.2) is 12.3 Å². The predicted octanol–water partition coefficient (Wildman–Crippen LogP) is 3.63. The first-order valence-corrected chi connectivity index (χ1v) is 5.69. The first-order valence-electron chi connectivity index (χ1n) is 5.69. The zero-order valence-corrected chi connectivity index (χ0v) is 9.85. The van der Waals surface area contributed by atoms with Crippen LogP contribution >= 0.6 is 0 Å². The molecule has 1 aromatic carbocycles.